The van der Waals surface area contributed by atoms with Gasteiger partial charge in [-0.25, -0.2) is 0 Å². The highest BCUT2D eigenvalue weighted by Gasteiger charge is 2.06. The van der Waals surface area contributed by atoms with Gasteiger partial charge in [-0.2, -0.15) is 10.2 Å². The Bertz CT molecular complexity index is 233. The standard InChI is InChI=1S/C9H15NS/c1-8-4-6-9(7-5-8)11(2,3)10/h4-7H,10H2,1-3H3. The average molecular weight is 169 g/mol. The first-order chi connectivity index (χ1) is 5.00. The number of nitrogens with two attached hydrogens (primary N) is 1. The summed E-state index contributed by atoms with van der Waals surface area (Å²) in [6, 6.07) is 8.45. The molecule has 2 N–H and O–H groups in total. The molecule has 0 bridgehead atoms. The highest BCUT2D eigenvalue weighted by Crippen LogP contribution is 2.40. The van der Waals surface area contributed by atoms with Gasteiger partial charge < -0.3 is 0 Å². The first-order valence-electron chi connectivity index (χ1n) is 3.58. The predicted molar refractivity (Wildman–Crippen MR) is 53.1 cm³/mol. The summed E-state index contributed by atoms with van der Waals surface area (Å²) in [6.07, 6.45) is 4.19. The summed E-state index contributed by atoms with van der Waals surface area (Å²) in [6.45, 7) is 2.09. The Morgan fingerprint density at radius 1 is 1.09 bits per heavy atom. The van der Waals surface area contributed by atoms with E-state index in [1.165, 1.54) is 10.5 Å². The Morgan fingerprint density at radius 2 is 1.55 bits per heavy atom. The number of hydrogen-bond donors (Lipinski definition) is 1. The lowest BCUT2D eigenvalue weighted by Gasteiger charge is -2.25. The van der Waals surface area contributed by atoms with Gasteiger partial charge in [0.05, 0.1) is 0 Å². The molecule has 0 spiro atoms. The summed E-state index contributed by atoms with van der Waals surface area (Å²) < 4.78 is 0. The molecular formula is C9H15NS. The molecule has 0 atom stereocenters. The van der Waals surface area contributed by atoms with Crippen LogP contribution in [0.15, 0.2) is 29.2 Å². The molecule has 62 valence electrons. The van der Waals surface area contributed by atoms with Gasteiger partial charge >= 0.3 is 0 Å². The van der Waals surface area contributed by atoms with Crippen molar-refractivity contribution in [1.29, 1.82) is 0 Å². The summed E-state index contributed by atoms with van der Waals surface area (Å²) in [5.74, 6) is 0. The molecule has 1 aromatic rings. The molecule has 0 aliphatic rings. The molecule has 0 heterocycles. The highest BCUT2D eigenvalue weighted by molar-refractivity contribution is 8.30. The Morgan fingerprint density at radius 3 is 1.91 bits per heavy atom. The molecule has 0 saturated heterocycles. The molecule has 11 heavy (non-hydrogen) atoms. The van der Waals surface area contributed by atoms with Crippen LogP contribution in [-0.2, 0) is 0 Å². The molecule has 0 aliphatic heterocycles. The van der Waals surface area contributed by atoms with Crippen LogP contribution in [0.1, 0.15) is 5.56 Å². The minimum atomic E-state index is -1.02. The fraction of sp³-hybridized carbons (Fsp3) is 0.333. The van der Waals surface area contributed by atoms with Gasteiger partial charge in [-0.3, -0.25) is 5.14 Å². The zero-order chi connectivity index (χ0) is 8.48. The molecule has 2 heteroatoms. The van der Waals surface area contributed by atoms with Crippen LogP contribution in [0.2, 0.25) is 0 Å². The molecule has 1 nitrogen and oxygen atoms in total. The lowest BCUT2D eigenvalue weighted by Crippen LogP contribution is -2.06. The number of hydrogen-bond acceptors (Lipinski definition) is 1. The second-order valence-corrected chi connectivity index (χ2v) is 6.50. The molecule has 0 amide bonds. The van der Waals surface area contributed by atoms with Crippen LogP contribution in [0.3, 0.4) is 0 Å². The van der Waals surface area contributed by atoms with Crippen molar-refractivity contribution in [3.8, 4) is 0 Å². The second kappa shape index (κ2) is 2.88. The summed E-state index contributed by atoms with van der Waals surface area (Å²) in [5.41, 5.74) is 1.29. The summed E-state index contributed by atoms with van der Waals surface area (Å²) in [4.78, 5) is 1.27. The molecule has 0 fully saturated rings. The van der Waals surface area contributed by atoms with Crippen LogP contribution >= 0.6 is 10.2 Å². The van der Waals surface area contributed by atoms with Gasteiger partial charge in [-0.1, -0.05) is 17.7 Å². The molecule has 1 aromatic carbocycles. The van der Waals surface area contributed by atoms with Gasteiger partial charge in [-0.05, 0) is 31.6 Å². The lowest BCUT2D eigenvalue weighted by molar-refractivity contribution is 1.36. The third-order valence-corrected chi connectivity index (χ3v) is 3.12. The maximum absolute atomic E-state index is 5.99. The van der Waals surface area contributed by atoms with E-state index < -0.39 is 10.2 Å². The Hall–Kier alpha value is -0.470. The number of benzene rings is 1. The van der Waals surface area contributed by atoms with E-state index in [0.717, 1.165) is 0 Å². The van der Waals surface area contributed by atoms with Gasteiger partial charge in [0.15, 0.2) is 0 Å². The molecule has 0 saturated carbocycles. The van der Waals surface area contributed by atoms with E-state index in [9.17, 15) is 0 Å². The van der Waals surface area contributed by atoms with E-state index in [-0.39, 0.29) is 0 Å². The SMILES string of the molecule is Cc1ccc(S(C)(C)N)cc1. The quantitative estimate of drug-likeness (QED) is 0.686. The zero-order valence-corrected chi connectivity index (χ0v) is 8.11. The average Bonchev–Trinajstić information content (AvgIpc) is 1.86. The summed E-state index contributed by atoms with van der Waals surface area (Å²) in [7, 11) is -1.02. The first-order valence-corrected chi connectivity index (χ1v) is 6.09. The van der Waals surface area contributed by atoms with Crippen LogP contribution in [-0.4, -0.2) is 12.5 Å². The third-order valence-electron chi connectivity index (χ3n) is 1.63. The Kier molecular flexibility index (Phi) is 2.25. The van der Waals surface area contributed by atoms with Crippen molar-refractivity contribution >= 4 is 10.2 Å². The monoisotopic (exact) mass is 169 g/mol. The van der Waals surface area contributed by atoms with Crippen LogP contribution in [0.4, 0.5) is 0 Å². The number of aryl methyl sites for hydroxylation is 1. The topological polar surface area (TPSA) is 26.0 Å². The van der Waals surface area contributed by atoms with Gasteiger partial charge in [0, 0.05) is 4.90 Å². The zero-order valence-electron chi connectivity index (χ0n) is 7.29. The van der Waals surface area contributed by atoms with Crippen LogP contribution in [0.25, 0.3) is 0 Å². The van der Waals surface area contributed by atoms with Crippen molar-refractivity contribution < 1.29 is 0 Å². The molecule has 0 aromatic heterocycles. The van der Waals surface area contributed by atoms with E-state index in [1.54, 1.807) is 0 Å². The lowest BCUT2D eigenvalue weighted by atomic mass is 10.2. The minimum absolute atomic E-state index is 1.02. The van der Waals surface area contributed by atoms with E-state index in [1.807, 2.05) is 0 Å². The molecule has 0 aliphatic carbocycles. The van der Waals surface area contributed by atoms with Gasteiger partial charge in [-0.15, -0.1) is 0 Å². The van der Waals surface area contributed by atoms with Crippen LogP contribution in [0, 0.1) is 6.92 Å². The van der Waals surface area contributed by atoms with Crippen LogP contribution < -0.4 is 5.14 Å². The van der Waals surface area contributed by atoms with Crippen molar-refractivity contribution in [3.63, 3.8) is 0 Å². The van der Waals surface area contributed by atoms with Crippen LogP contribution in [0.5, 0.6) is 0 Å². The maximum atomic E-state index is 5.99. The largest absolute Gasteiger partial charge is 0.291 e. The van der Waals surface area contributed by atoms with E-state index in [4.69, 9.17) is 5.14 Å². The van der Waals surface area contributed by atoms with Crippen molar-refractivity contribution in [2.45, 2.75) is 11.8 Å². The molecule has 0 radical (unpaired) electrons. The predicted octanol–water partition coefficient (Wildman–Crippen LogP) is 2.29. The van der Waals surface area contributed by atoms with Crippen molar-refractivity contribution in [3.05, 3.63) is 29.8 Å². The number of rotatable bonds is 1. The summed E-state index contributed by atoms with van der Waals surface area (Å²) >= 11 is 0. The Balaban J connectivity index is 2.99. The van der Waals surface area contributed by atoms with E-state index in [2.05, 4.69) is 43.7 Å². The van der Waals surface area contributed by atoms with Gasteiger partial charge in [0.25, 0.3) is 0 Å². The summed E-state index contributed by atoms with van der Waals surface area (Å²) in [5, 5.41) is 5.99. The smallest absolute Gasteiger partial charge is 0.00150 e. The van der Waals surface area contributed by atoms with Crippen molar-refractivity contribution in [2.75, 3.05) is 12.5 Å². The van der Waals surface area contributed by atoms with E-state index in [0.29, 0.717) is 0 Å². The molecule has 0 unspecified atom stereocenters. The highest BCUT2D eigenvalue weighted by atomic mass is 32.3. The van der Waals surface area contributed by atoms with E-state index >= 15 is 0 Å². The molecule has 1 rings (SSSR count). The van der Waals surface area contributed by atoms with Crippen molar-refractivity contribution in [1.82, 2.24) is 0 Å². The maximum Gasteiger partial charge on any atom is 0.00150 e. The Labute approximate surface area is 70.1 Å². The normalized spacial score (nSPS) is 13.1. The fourth-order valence-corrected chi connectivity index (χ4v) is 1.73. The van der Waals surface area contributed by atoms with Crippen molar-refractivity contribution in [2.24, 2.45) is 5.14 Å². The molecular weight excluding hydrogens is 154 g/mol. The third kappa shape index (κ3) is 2.24. The first kappa shape index (κ1) is 8.62. The fourth-order valence-electron chi connectivity index (χ4n) is 0.889. The van der Waals surface area contributed by atoms with Gasteiger partial charge in [0.2, 0.25) is 0 Å². The minimum Gasteiger partial charge on any atom is -0.291 e. The van der Waals surface area contributed by atoms with Gasteiger partial charge in [0.1, 0.15) is 0 Å². The second-order valence-electron chi connectivity index (χ2n) is 3.22.